The van der Waals surface area contributed by atoms with Gasteiger partial charge in [0.1, 0.15) is 0 Å². The standard InChI is InChI=1S/C15H19Cl2NO2S2/c1-10-2-4-11(5-3-10)22(19,20)18-21-14-8-6-12(16)15(21)9-7-13(14)17/h2-5,12-15H,6-9H2,1H3/t12-,13-,14-,15-/m1/s1. The molecule has 0 unspecified atom stereocenters. The predicted molar refractivity (Wildman–Crippen MR) is 93.5 cm³/mol. The molecule has 2 aliphatic heterocycles. The van der Waals surface area contributed by atoms with Gasteiger partial charge in [-0.1, -0.05) is 28.4 Å². The fourth-order valence-corrected chi connectivity index (χ4v) is 8.96. The van der Waals surface area contributed by atoms with Crippen LogP contribution in [0.5, 0.6) is 0 Å². The van der Waals surface area contributed by atoms with E-state index in [-0.39, 0.29) is 26.1 Å². The molecule has 0 saturated carbocycles. The molecule has 4 atom stereocenters. The van der Waals surface area contributed by atoms with Crippen LogP contribution < -0.4 is 0 Å². The molecule has 0 radical (unpaired) electrons. The molecule has 0 aromatic heterocycles. The number of fused-ring (bicyclic) bond motifs is 2. The Labute approximate surface area is 144 Å². The molecule has 2 heterocycles. The molecule has 2 aliphatic rings. The quantitative estimate of drug-likeness (QED) is 0.728. The summed E-state index contributed by atoms with van der Waals surface area (Å²) in [6.45, 7) is 1.93. The van der Waals surface area contributed by atoms with E-state index in [1.807, 2.05) is 6.92 Å². The van der Waals surface area contributed by atoms with E-state index in [1.54, 1.807) is 24.3 Å². The Kier molecular flexibility index (Phi) is 4.89. The van der Waals surface area contributed by atoms with Crippen LogP contribution in [-0.2, 0) is 20.7 Å². The zero-order chi connectivity index (χ0) is 15.9. The van der Waals surface area contributed by atoms with Gasteiger partial charge in [0.25, 0.3) is 10.0 Å². The average Bonchev–Trinajstić information content (AvgIpc) is 2.45. The average molecular weight is 380 g/mol. The third kappa shape index (κ3) is 3.23. The Morgan fingerprint density at radius 1 is 1.00 bits per heavy atom. The van der Waals surface area contributed by atoms with Crippen LogP contribution >= 0.6 is 23.2 Å². The van der Waals surface area contributed by atoms with E-state index in [0.29, 0.717) is 0 Å². The van der Waals surface area contributed by atoms with Crippen LogP contribution in [0.4, 0.5) is 0 Å². The van der Waals surface area contributed by atoms with Gasteiger partial charge in [0, 0.05) is 21.3 Å². The van der Waals surface area contributed by atoms with Crippen LogP contribution in [0.3, 0.4) is 0 Å². The molecule has 7 heteroatoms. The lowest BCUT2D eigenvalue weighted by Crippen LogP contribution is -2.47. The van der Waals surface area contributed by atoms with Crippen molar-refractivity contribution in [3.63, 3.8) is 0 Å². The number of alkyl halides is 2. The van der Waals surface area contributed by atoms with Gasteiger partial charge >= 0.3 is 0 Å². The first-order valence-corrected chi connectivity index (χ1v) is 11.1. The van der Waals surface area contributed by atoms with E-state index in [9.17, 15) is 8.42 Å². The summed E-state index contributed by atoms with van der Waals surface area (Å²) >= 11 is 12.9. The number of benzene rings is 1. The number of hydrogen-bond donors (Lipinski definition) is 0. The van der Waals surface area contributed by atoms with Crippen molar-refractivity contribution in [3.8, 4) is 0 Å². The summed E-state index contributed by atoms with van der Waals surface area (Å²) < 4.78 is 29.5. The van der Waals surface area contributed by atoms with Gasteiger partial charge in [0.2, 0.25) is 0 Å². The molecule has 3 rings (SSSR count). The van der Waals surface area contributed by atoms with Crippen LogP contribution in [0.25, 0.3) is 0 Å². The Hall–Kier alpha value is -0.100. The SMILES string of the molecule is Cc1ccc(S(=O)(=O)N=S2[C@@H]3CC[C@@H](Cl)[C@H]2CC[C@H]3Cl)cc1. The molecular formula is C15H19Cl2NO2S2. The van der Waals surface area contributed by atoms with Crippen molar-refractivity contribution < 1.29 is 8.42 Å². The molecule has 1 aromatic carbocycles. The van der Waals surface area contributed by atoms with Crippen molar-refractivity contribution in [1.29, 1.82) is 0 Å². The highest BCUT2D eigenvalue weighted by atomic mass is 35.5. The highest BCUT2D eigenvalue weighted by Gasteiger charge is 2.42. The molecule has 122 valence electrons. The maximum Gasteiger partial charge on any atom is 0.287 e. The summed E-state index contributed by atoms with van der Waals surface area (Å²) in [5.41, 5.74) is 1.03. The Morgan fingerprint density at radius 3 is 2.00 bits per heavy atom. The number of rotatable bonds is 2. The van der Waals surface area contributed by atoms with Gasteiger partial charge in [-0.25, -0.2) is 0 Å². The number of sulfonamides is 1. The van der Waals surface area contributed by atoms with Crippen LogP contribution in [0.15, 0.2) is 32.9 Å². The van der Waals surface area contributed by atoms with Gasteiger partial charge < -0.3 is 0 Å². The number of halogens is 2. The summed E-state index contributed by atoms with van der Waals surface area (Å²) in [7, 11) is -4.25. The molecule has 1 aromatic rings. The molecule has 0 N–H and O–H groups in total. The first-order valence-electron chi connectivity index (χ1n) is 7.43. The number of hydrogen-bond acceptors (Lipinski definition) is 2. The van der Waals surface area contributed by atoms with Crippen molar-refractivity contribution in [3.05, 3.63) is 29.8 Å². The van der Waals surface area contributed by atoms with Crippen molar-refractivity contribution in [2.24, 2.45) is 3.77 Å². The molecule has 2 saturated heterocycles. The molecule has 0 spiro atoms. The second kappa shape index (κ2) is 6.42. The minimum Gasteiger partial charge on any atom is -0.199 e. The van der Waals surface area contributed by atoms with E-state index in [1.165, 1.54) is 0 Å². The van der Waals surface area contributed by atoms with Gasteiger partial charge in [-0.3, -0.25) is 0 Å². The highest BCUT2D eigenvalue weighted by molar-refractivity contribution is 8.00. The summed E-state index contributed by atoms with van der Waals surface area (Å²) in [6.07, 6.45) is 3.55. The molecule has 3 nitrogen and oxygen atoms in total. The third-order valence-corrected chi connectivity index (χ3v) is 10.4. The third-order valence-electron chi connectivity index (χ3n) is 4.38. The zero-order valence-electron chi connectivity index (χ0n) is 12.3. The van der Waals surface area contributed by atoms with E-state index in [2.05, 4.69) is 3.77 Å². The minimum atomic E-state index is -3.65. The normalized spacial score (nSPS) is 35.1. The zero-order valence-corrected chi connectivity index (χ0v) is 15.4. The monoisotopic (exact) mass is 379 g/mol. The molecular weight excluding hydrogens is 361 g/mol. The van der Waals surface area contributed by atoms with Crippen molar-refractivity contribution in [2.75, 3.05) is 0 Å². The number of aryl methyl sites for hydroxylation is 1. The molecule has 2 fully saturated rings. The van der Waals surface area contributed by atoms with Gasteiger partial charge in [-0.05, 0) is 44.7 Å². The molecule has 22 heavy (non-hydrogen) atoms. The van der Waals surface area contributed by atoms with Crippen molar-refractivity contribution in [2.45, 2.75) is 58.8 Å². The Bertz CT molecular complexity index is 668. The second-order valence-electron chi connectivity index (χ2n) is 5.97. The first-order chi connectivity index (χ1) is 10.4. The maximum absolute atomic E-state index is 12.6. The number of nitrogens with zero attached hydrogens (tertiary/aromatic N) is 1. The molecule has 0 amide bonds. The fraction of sp³-hybridized carbons (Fsp3) is 0.600. The van der Waals surface area contributed by atoms with Gasteiger partial charge in [-0.2, -0.15) is 8.42 Å². The van der Waals surface area contributed by atoms with E-state index < -0.39 is 20.7 Å². The summed E-state index contributed by atoms with van der Waals surface area (Å²) in [4.78, 5) is 0.256. The molecule has 0 aliphatic carbocycles. The highest BCUT2D eigenvalue weighted by Crippen LogP contribution is 2.40. The lowest BCUT2D eigenvalue weighted by Gasteiger charge is -2.42. The predicted octanol–water partition coefficient (Wildman–Crippen LogP) is 4.03. The summed E-state index contributed by atoms with van der Waals surface area (Å²) in [5, 5.41) is 0.327. The first kappa shape index (κ1) is 16.7. The summed E-state index contributed by atoms with van der Waals surface area (Å²) in [6, 6.07) is 6.82. The van der Waals surface area contributed by atoms with Crippen molar-refractivity contribution in [1.82, 2.24) is 0 Å². The van der Waals surface area contributed by atoms with E-state index in [4.69, 9.17) is 23.2 Å². The van der Waals surface area contributed by atoms with Crippen LogP contribution in [0.1, 0.15) is 31.2 Å². The fourth-order valence-electron chi connectivity index (χ4n) is 3.13. The molecule has 2 bridgehead atoms. The Balaban J connectivity index is 2.00. The minimum absolute atomic E-state index is 0.0146. The van der Waals surface area contributed by atoms with Gasteiger partial charge in [-0.15, -0.1) is 27.0 Å². The topological polar surface area (TPSA) is 46.5 Å². The van der Waals surface area contributed by atoms with Gasteiger partial charge in [0.05, 0.1) is 4.90 Å². The van der Waals surface area contributed by atoms with Crippen LogP contribution in [0, 0.1) is 6.92 Å². The lowest BCUT2D eigenvalue weighted by molar-refractivity contribution is 0.495. The largest absolute Gasteiger partial charge is 0.287 e. The summed E-state index contributed by atoms with van der Waals surface area (Å²) in [5.74, 6) is 0. The van der Waals surface area contributed by atoms with Crippen molar-refractivity contribution >= 4 is 43.9 Å². The van der Waals surface area contributed by atoms with Crippen LogP contribution in [-0.4, -0.2) is 29.7 Å². The second-order valence-corrected chi connectivity index (χ2v) is 11.0. The maximum atomic E-state index is 12.6. The Morgan fingerprint density at radius 2 is 1.50 bits per heavy atom. The van der Waals surface area contributed by atoms with Crippen LogP contribution in [0.2, 0.25) is 0 Å². The van der Waals surface area contributed by atoms with E-state index in [0.717, 1.165) is 31.2 Å². The van der Waals surface area contributed by atoms with Gasteiger partial charge in [0.15, 0.2) is 0 Å². The van der Waals surface area contributed by atoms with E-state index >= 15 is 0 Å². The lowest BCUT2D eigenvalue weighted by atomic mass is 9.98. The smallest absolute Gasteiger partial charge is 0.199 e.